The van der Waals surface area contributed by atoms with E-state index in [1.165, 1.54) is 6.42 Å². The Morgan fingerprint density at radius 1 is 1.59 bits per heavy atom. The predicted octanol–water partition coefficient (Wildman–Crippen LogP) is 0.0387. The quantitative estimate of drug-likeness (QED) is 0.729. The van der Waals surface area contributed by atoms with E-state index >= 15 is 0 Å². The molecule has 0 bridgehead atoms. The number of likely N-dealkylation sites (tertiary alicyclic amines) is 1. The fraction of sp³-hybridized carbons (Fsp3) is 0.636. The van der Waals surface area contributed by atoms with Crippen LogP contribution in [-0.4, -0.2) is 48.4 Å². The number of ether oxygens (including phenoxy) is 1. The number of nitrogens with zero attached hydrogens (tertiary/aromatic N) is 1. The van der Waals surface area contributed by atoms with E-state index in [0.717, 1.165) is 31.0 Å². The summed E-state index contributed by atoms with van der Waals surface area (Å²) in [4.78, 5) is 3.41. The Labute approximate surface area is 106 Å². The zero-order valence-corrected chi connectivity index (χ0v) is 10.8. The first-order chi connectivity index (χ1) is 8.22. The van der Waals surface area contributed by atoms with E-state index in [1.807, 2.05) is 5.38 Å². The summed E-state index contributed by atoms with van der Waals surface area (Å²) in [5, 5.41) is 20.4. The Morgan fingerprint density at radius 3 is 3.12 bits per heavy atom. The largest absolute Gasteiger partial charge is 0.489 e. The van der Waals surface area contributed by atoms with Crippen molar-refractivity contribution < 1.29 is 14.8 Å². The predicted molar refractivity (Wildman–Crippen MR) is 69.5 cm³/mol. The topological polar surface area (TPSA) is 52.9 Å². The first kappa shape index (κ1) is 13.0. The van der Waals surface area contributed by atoms with Gasteiger partial charge in [-0.1, -0.05) is 6.07 Å². The molecule has 1 atom stereocenters. The number of methoxy groups -OCH3 is 1. The molecular formula is C11H18BNO3S. The van der Waals surface area contributed by atoms with Crippen LogP contribution < -0.4 is 5.46 Å². The fourth-order valence-corrected chi connectivity index (χ4v) is 3.31. The summed E-state index contributed by atoms with van der Waals surface area (Å²) < 4.78 is 5.22. The van der Waals surface area contributed by atoms with Gasteiger partial charge in [-0.2, -0.15) is 0 Å². The lowest BCUT2D eigenvalue weighted by Gasteiger charge is -2.23. The van der Waals surface area contributed by atoms with Crippen molar-refractivity contribution in [3.63, 3.8) is 0 Å². The molecule has 0 unspecified atom stereocenters. The van der Waals surface area contributed by atoms with Crippen LogP contribution in [0.3, 0.4) is 0 Å². The Kier molecular flexibility index (Phi) is 4.58. The average molecular weight is 255 g/mol. The summed E-state index contributed by atoms with van der Waals surface area (Å²) in [7, 11) is 0.365. The van der Waals surface area contributed by atoms with Gasteiger partial charge in [-0.15, -0.1) is 11.3 Å². The van der Waals surface area contributed by atoms with Gasteiger partial charge in [-0.05, 0) is 30.2 Å². The average Bonchev–Trinajstić information content (AvgIpc) is 2.89. The second-order valence-electron chi connectivity index (χ2n) is 4.39. The summed E-state index contributed by atoms with van der Waals surface area (Å²) in [5.41, 5.74) is 0.637. The number of hydrogen-bond donors (Lipinski definition) is 2. The highest BCUT2D eigenvalue weighted by atomic mass is 32.1. The molecule has 0 aromatic carbocycles. The molecule has 0 amide bonds. The minimum Gasteiger partial charge on any atom is -0.423 e. The molecule has 0 aliphatic carbocycles. The van der Waals surface area contributed by atoms with Gasteiger partial charge in [0.15, 0.2) is 0 Å². The van der Waals surface area contributed by atoms with Crippen LogP contribution in [0.5, 0.6) is 0 Å². The highest BCUT2D eigenvalue weighted by Crippen LogP contribution is 2.21. The van der Waals surface area contributed by atoms with Crippen LogP contribution in [0.1, 0.15) is 17.7 Å². The van der Waals surface area contributed by atoms with E-state index in [9.17, 15) is 10.0 Å². The van der Waals surface area contributed by atoms with E-state index in [-0.39, 0.29) is 0 Å². The zero-order valence-electron chi connectivity index (χ0n) is 10.0. The third-order valence-corrected chi connectivity index (χ3v) is 4.18. The van der Waals surface area contributed by atoms with Gasteiger partial charge in [0.25, 0.3) is 0 Å². The maximum absolute atomic E-state index is 9.26. The van der Waals surface area contributed by atoms with Crippen molar-refractivity contribution in [3.05, 3.63) is 16.3 Å². The second-order valence-corrected chi connectivity index (χ2v) is 5.40. The minimum atomic E-state index is -1.36. The maximum Gasteiger partial charge on any atom is 0.489 e. The van der Waals surface area contributed by atoms with E-state index in [4.69, 9.17) is 4.74 Å². The molecular weight excluding hydrogens is 237 g/mol. The molecule has 1 aliphatic heterocycles. The number of rotatable bonds is 5. The normalized spacial score (nSPS) is 21.0. The minimum absolute atomic E-state index is 0.464. The standard InChI is InChI=1S/C11H18BNO3S/c1-16-8-9-3-2-5-13(9)7-11-10(12(14)15)4-6-17-11/h4,6,9,14-15H,2-3,5,7-8H2,1H3/t9-/m0/s1. The Bertz CT molecular complexity index is 358. The third kappa shape index (κ3) is 3.08. The molecule has 1 aromatic heterocycles. The van der Waals surface area contributed by atoms with Crippen molar-refractivity contribution in [3.8, 4) is 0 Å². The van der Waals surface area contributed by atoms with Crippen LogP contribution in [0.4, 0.5) is 0 Å². The lowest BCUT2D eigenvalue weighted by atomic mass is 9.80. The van der Waals surface area contributed by atoms with Gasteiger partial charge in [-0.25, -0.2) is 0 Å². The van der Waals surface area contributed by atoms with Gasteiger partial charge < -0.3 is 14.8 Å². The highest BCUT2D eigenvalue weighted by molar-refractivity contribution is 7.11. The van der Waals surface area contributed by atoms with Crippen LogP contribution >= 0.6 is 11.3 Å². The van der Waals surface area contributed by atoms with Crippen LogP contribution in [-0.2, 0) is 11.3 Å². The molecule has 4 nitrogen and oxygen atoms in total. The first-order valence-corrected chi connectivity index (χ1v) is 6.75. The monoisotopic (exact) mass is 255 g/mol. The van der Waals surface area contributed by atoms with Crippen molar-refractivity contribution in [1.29, 1.82) is 0 Å². The van der Waals surface area contributed by atoms with E-state index in [0.29, 0.717) is 11.5 Å². The van der Waals surface area contributed by atoms with Gasteiger partial charge in [0.05, 0.1) is 6.61 Å². The lowest BCUT2D eigenvalue weighted by molar-refractivity contribution is 0.112. The fourth-order valence-electron chi connectivity index (χ4n) is 2.38. The summed E-state index contributed by atoms with van der Waals surface area (Å²) in [6.45, 7) is 2.61. The molecule has 1 aliphatic rings. The zero-order chi connectivity index (χ0) is 12.3. The Hall–Kier alpha value is -0.395. The Balaban J connectivity index is 2.02. The molecule has 17 heavy (non-hydrogen) atoms. The van der Waals surface area contributed by atoms with Gasteiger partial charge in [0.1, 0.15) is 0 Å². The molecule has 6 heteroatoms. The molecule has 0 spiro atoms. The summed E-state index contributed by atoms with van der Waals surface area (Å²) >= 11 is 1.58. The number of hydrogen-bond acceptors (Lipinski definition) is 5. The van der Waals surface area contributed by atoms with E-state index in [2.05, 4.69) is 4.90 Å². The highest BCUT2D eigenvalue weighted by Gasteiger charge is 2.26. The van der Waals surface area contributed by atoms with Crippen LogP contribution in [0.2, 0.25) is 0 Å². The summed E-state index contributed by atoms with van der Waals surface area (Å²) in [5.74, 6) is 0. The van der Waals surface area contributed by atoms with E-state index < -0.39 is 7.12 Å². The lowest BCUT2D eigenvalue weighted by Crippen LogP contribution is -2.37. The molecule has 1 aromatic rings. The second kappa shape index (κ2) is 5.97. The van der Waals surface area contributed by atoms with Crippen molar-refractivity contribution in [1.82, 2.24) is 4.90 Å². The van der Waals surface area contributed by atoms with Crippen LogP contribution in [0, 0.1) is 0 Å². The third-order valence-electron chi connectivity index (χ3n) is 3.26. The van der Waals surface area contributed by atoms with Crippen molar-refractivity contribution >= 4 is 23.9 Å². The van der Waals surface area contributed by atoms with Gasteiger partial charge in [-0.3, -0.25) is 4.90 Å². The molecule has 0 saturated carbocycles. The van der Waals surface area contributed by atoms with Gasteiger partial charge in [0.2, 0.25) is 0 Å². The number of thiophene rings is 1. The SMILES string of the molecule is COC[C@@H]1CCCN1Cc1sccc1B(O)O. The van der Waals surface area contributed by atoms with E-state index in [1.54, 1.807) is 24.5 Å². The van der Waals surface area contributed by atoms with Crippen molar-refractivity contribution in [2.24, 2.45) is 0 Å². The molecule has 0 radical (unpaired) electrons. The molecule has 1 fully saturated rings. The van der Waals surface area contributed by atoms with Gasteiger partial charge >= 0.3 is 7.12 Å². The molecule has 2 rings (SSSR count). The smallest absolute Gasteiger partial charge is 0.423 e. The molecule has 94 valence electrons. The van der Waals surface area contributed by atoms with Gasteiger partial charge in [0, 0.05) is 24.6 Å². The molecule has 1 saturated heterocycles. The Morgan fingerprint density at radius 2 is 2.41 bits per heavy atom. The van der Waals surface area contributed by atoms with Crippen molar-refractivity contribution in [2.45, 2.75) is 25.4 Å². The summed E-state index contributed by atoms with van der Waals surface area (Å²) in [6, 6.07) is 2.25. The molecule has 2 heterocycles. The van der Waals surface area contributed by atoms with Crippen LogP contribution in [0.25, 0.3) is 0 Å². The van der Waals surface area contributed by atoms with Crippen LogP contribution in [0.15, 0.2) is 11.4 Å². The maximum atomic E-state index is 9.26. The first-order valence-electron chi connectivity index (χ1n) is 5.87. The molecule has 2 N–H and O–H groups in total. The van der Waals surface area contributed by atoms with Crippen molar-refractivity contribution in [2.75, 3.05) is 20.3 Å². The summed E-state index contributed by atoms with van der Waals surface area (Å²) in [6.07, 6.45) is 2.35.